The fourth-order valence-corrected chi connectivity index (χ4v) is 2.14. The molecule has 0 aliphatic carbocycles. The first-order valence-corrected chi connectivity index (χ1v) is 7.43. The summed E-state index contributed by atoms with van der Waals surface area (Å²) in [5.41, 5.74) is 6.97. The third-order valence-corrected chi connectivity index (χ3v) is 3.42. The van der Waals surface area contributed by atoms with E-state index < -0.39 is 11.8 Å². The molecule has 2 aromatic rings. The number of benzene rings is 2. The lowest BCUT2D eigenvalue weighted by Crippen LogP contribution is -2.43. The number of nitrogens with one attached hydrogen (secondary N) is 2. The summed E-state index contributed by atoms with van der Waals surface area (Å²) in [5.74, 6) is 0.462. The molecule has 126 valence electrons. The molecule has 0 saturated carbocycles. The molecule has 0 aliphatic rings. The summed E-state index contributed by atoms with van der Waals surface area (Å²) in [6, 6.07) is 12.3. The van der Waals surface area contributed by atoms with E-state index in [1.54, 1.807) is 31.4 Å². The second kappa shape index (κ2) is 8.01. The lowest BCUT2D eigenvalue weighted by molar-refractivity contribution is -0.123. The van der Waals surface area contributed by atoms with Gasteiger partial charge in [-0.05, 0) is 49.2 Å². The van der Waals surface area contributed by atoms with Crippen molar-refractivity contribution in [2.75, 3.05) is 13.7 Å². The SMILES string of the molecule is COc1ccc(C(=O)NNC(=O)COc2c(C)cccc2C)cc1. The molecule has 0 aromatic heterocycles. The van der Waals surface area contributed by atoms with Crippen LogP contribution in [-0.2, 0) is 4.79 Å². The van der Waals surface area contributed by atoms with E-state index >= 15 is 0 Å². The van der Waals surface area contributed by atoms with Crippen molar-refractivity contribution in [1.29, 1.82) is 0 Å². The number of hydrazine groups is 1. The van der Waals surface area contributed by atoms with Gasteiger partial charge in [-0.1, -0.05) is 18.2 Å². The third-order valence-electron chi connectivity index (χ3n) is 3.42. The first-order chi connectivity index (χ1) is 11.5. The van der Waals surface area contributed by atoms with Crippen LogP contribution in [0.2, 0.25) is 0 Å². The Morgan fingerprint density at radius 1 is 0.958 bits per heavy atom. The minimum absolute atomic E-state index is 0.186. The minimum Gasteiger partial charge on any atom is -0.497 e. The van der Waals surface area contributed by atoms with Gasteiger partial charge in [0.25, 0.3) is 11.8 Å². The number of hydrogen-bond donors (Lipinski definition) is 2. The van der Waals surface area contributed by atoms with Crippen molar-refractivity contribution >= 4 is 11.8 Å². The molecule has 6 heteroatoms. The van der Waals surface area contributed by atoms with Crippen molar-refractivity contribution in [3.05, 3.63) is 59.2 Å². The second-order valence-corrected chi connectivity index (χ2v) is 5.24. The van der Waals surface area contributed by atoms with E-state index in [0.29, 0.717) is 17.1 Å². The number of carbonyl (C=O) groups is 2. The van der Waals surface area contributed by atoms with Crippen LogP contribution in [0.3, 0.4) is 0 Å². The van der Waals surface area contributed by atoms with Crippen molar-refractivity contribution in [2.24, 2.45) is 0 Å². The van der Waals surface area contributed by atoms with Crippen molar-refractivity contribution in [3.8, 4) is 11.5 Å². The highest BCUT2D eigenvalue weighted by molar-refractivity contribution is 5.95. The van der Waals surface area contributed by atoms with E-state index in [4.69, 9.17) is 9.47 Å². The van der Waals surface area contributed by atoms with Crippen LogP contribution in [0.25, 0.3) is 0 Å². The van der Waals surface area contributed by atoms with Gasteiger partial charge in [-0.3, -0.25) is 20.4 Å². The zero-order valence-electron chi connectivity index (χ0n) is 13.9. The predicted octanol–water partition coefficient (Wildman–Crippen LogP) is 2.15. The first kappa shape index (κ1) is 17.3. The van der Waals surface area contributed by atoms with Crippen LogP contribution >= 0.6 is 0 Å². The van der Waals surface area contributed by atoms with Crippen molar-refractivity contribution in [3.63, 3.8) is 0 Å². The highest BCUT2D eigenvalue weighted by atomic mass is 16.5. The molecular formula is C18H20N2O4. The highest BCUT2D eigenvalue weighted by Gasteiger charge is 2.09. The number of carbonyl (C=O) groups excluding carboxylic acids is 2. The molecule has 6 nitrogen and oxygen atoms in total. The average molecular weight is 328 g/mol. The lowest BCUT2D eigenvalue weighted by atomic mass is 10.1. The summed E-state index contributed by atoms with van der Waals surface area (Å²) < 4.78 is 10.5. The Bertz CT molecular complexity index is 706. The van der Waals surface area contributed by atoms with E-state index in [1.165, 1.54) is 0 Å². The van der Waals surface area contributed by atoms with Crippen LogP contribution in [0.4, 0.5) is 0 Å². The Kier molecular flexibility index (Phi) is 5.78. The number of hydrogen-bond acceptors (Lipinski definition) is 4. The van der Waals surface area contributed by atoms with Crippen LogP contribution in [0.15, 0.2) is 42.5 Å². The summed E-state index contributed by atoms with van der Waals surface area (Å²) in [5, 5.41) is 0. The van der Waals surface area contributed by atoms with Gasteiger partial charge in [0.2, 0.25) is 0 Å². The number of aryl methyl sites for hydroxylation is 2. The summed E-state index contributed by atoms with van der Waals surface area (Å²) in [6.45, 7) is 3.63. The summed E-state index contributed by atoms with van der Waals surface area (Å²) in [7, 11) is 1.55. The molecule has 2 rings (SSSR count). The van der Waals surface area contributed by atoms with Gasteiger partial charge in [0.05, 0.1) is 7.11 Å². The van der Waals surface area contributed by atoms with Gasteiger partial charge in [-0.2, -0.15) is 0 Å². The molecular weight excluding hydrogens is 308 g/mol. The molecule has 2 N–H and O–H groups in total. The Morgan fingerprint density at radius 3 is 2.17 bits per heavy atom. The largest absolute Gasteiger partial charge is 0.497 e. The van der Waals surface area contributed by atoms with Crippen molar-refractivity contribution in [1.82, 2.24) is 10.9 Å². The van der Waals surface area contributed by atoms with Crippen LogP contribution in [0.5, 0.6) is 11.5 Å². The van der Waals surface area contributed by atoms with Gasteiger partial charge >= 0.3 is 0 Å². The lowest BCUT2D eigenvalue weighted by Gasteiger charge is -2.12. The second-order valence-electron chi connectivity index (χ2n) is 5.24. The van der Waals surface area contributed by atoms with Gasteiger partial charge in [-0.25, -0.2) is 0 Å². The maximum atomic E-state index is 11.9. The molecule has 2 aromatic carbocycles. The standard InChI is InChI=1S/C18H20N2O4/c1-12-5-4-6-13(2)17(12)24-11-16(21)19-20-18(22)14-7-9-15(23-3)10-8-14/h4-10H,11H2,1-3H3,(H,19,21)(H,20,22). The number of para-hydroxylation sites is 1. The van der Waals surface area contributed by atoms with E-state index in [-0.39, 0.29) is 6.61 Å². The van der Waals surface area contributed by atoms with Gasteiger partial charge in [0.1, 0.15) is 11.5 Å². The molecule has 0 bridgehead atoms. The summed E-state index contributed by atoms with van der Waals surface area (Å²) in [4.78, 5) is 23.7. The predicted molar refractivity (Wildman–Crippen MR) is 90.0 cm³/mol. The third kappa shape index (κ3) is 4.49. The van der Waals surface area contributed by atoms with E-state index in [9.17, 15) is 9.59 Å². The monoisotopic (exact) mass is 328 g/mol. The molecule has 0 heterocycles. The Morgan fingerprint density at radius 2 is 1.58 bits per heavy atom. The summed E-state index contributed by atoms with van der Waals surface area (Å²) in [6.07, 6.45) is 0. The topological polar surface area (TPSA) is 76.7 Å². The van der Waals surface area contributed by atoms with Gasteiger partial charge in [0, 0.05) is 5.56 Å². The Hall–Kier alpha value is -3.02. The highest BCUT2D eigenvalue weighted by Crippen LogP contribution is 2.21. The summed E-state index contributed by atoms with van der Waals surface area (Å²) >= 11 is 0. The number of ether oxygens (including phenoxy) is 2. The maximum Gasteiger partial charge on any atom is 0.276 e. The molecule has 2 amide bonds. The molecule has 0 saturated heterocycles. The Balaban J connectivity index is 1.83. The maximum absolute atomic E-state index is 11.9. The fraction of sp³-hybridized carbons (Fsp3) is 0.222. The molecule has 0 radical (unpaired) electrons. The normalized spacial score (nSPS) is 9.96. The number of methoxy groups -OCH3 is 1. The molecule has 0 spiro atoms. The van der Waals surface area contributed by atoms with Crippen LogP contribution in [-0.4, -0.2) is 25.5 Å². The Labute approximate surface area is 140 Å². The quantitative estimate of drug-likeness (QED) is 0.825. The smallest absolute Gasteiger partial charge is 0.276 e. The zero-order chi connectivity index (χ0) is 17.5. The van der Waals surface area contributed by atoms with Crippen LogP contribution in [0.1, 0.15) is 21.5 Å². The van der Waals surface area contributed by atoms with E-state index in [1.807, 2.05) is 32.0 Å². The molecule has 0 unspecified atom stereocenters. The zero-order valence-corrected chi connectivity index (χ0v) is 13.9. The first-order valence-electron chi connectivity index (χ1n) is 7.43. The van der Waals surface area contributed by atoms with Crippen LogP contribution < -0.4 is 20.3 Å². The number of amides is 2. The van der Waals surface area contributed by atoms with Crippen molar-refractivity contribution < 1.29 is 19.1 Å². The minimum atomic E-state index is -0.445. The van der Waals surface area contributed by atoms with Crippen LogP contribution in [0, 0.1) is 13.8 Å². The van der Waals surface area contributed by atoms with Crippen molar-refractivity contribution in [2.45, 2.75) is 13.8 Å². The fourth-order valence-electron chi connectivity index (χ4n) is 2.14. The molecule has 0 atom stereocenters. The molecule has 24 heavy (non-hydrogen) atoms. The number of rotatable bonds is 5. The van der Waals surface area contributed by atoms with E-state index in [2.05, 4.69) is 10.9 Å². The van der Waals surface area contributed by atoms with Gasteiger partial charge in [0.15, 0.2) is 6.61 Å². The molecule has 0 aliphatic heterocycles. The average Bonchev–Trinajstić information content (AvgIpc) is 2.59. The van der Waals surface area contributed by atoms with Gasteiger partial charge < -0.3 is 9.47 Å². The van der Waals surface area contributed by atoms with E-state index in [0.717, 1.165) is 11.1 Å². The molecule has 0 fully saturated rings. The van der Waals surface area contributed by atoms with Gasteiger partial charge in [-0.15, -0.1) is 0 Å².